The van der Waals surface area contributed by atoms with Gasteiger partial charge >= 0.3 is 0 Å². The van der Waals surface area contributed by atoms with Crippen LogP contribution in [0.2, 0.25) is 5.02 Å². The number of hydrogen-bond acceptors (Lipinski definition) is 5. The molecule has 1 aromatic carbocycles. The topological polar surface area (TPSA) is 52.0 Å². The van der Waals surface area contributed by atoms with E-state index in [0.29, 0.717) is 17.3 Å². The standard InChI is InChI=1S/C20H20ClN3O2S/c1-14-4-9-18(26-14)12-23-24-19(15-5-7-16(21)8-6-15)13-27-20(24)22-11-17-3-2-10-25-17/h4-9,12-13,17H,2-3,10-11H2,1H3/b22-20?,23-12-/t17-/m0/s1. The van der Waals surface area contributed by atoms with Gasteiger partial charge in [0, 0.05) is 22.6 Å². The minimum atomic E-state index is 0.205. The number of aryl methyl sites for hydroxylation is 1. The van der Waals surface area contributed by atoms with Gasteiger partial charge in [-0.05, 0) is 44.0 Å². The summed E-state index contributed by atoms with van der Waals surface area (Å²) in [7, 11) is 0. The second-order valence-electron chi connectivity index (χ2n) is 6.39. The molecule has 3 aromatic rings. The molecule has 4 rings (SSSR count). The Morgan fingerprint density at radius 2 is 2.11 bits per heavy atom. The highest BCUT2D eigenvalue weighted by Gasteiger charge is 2.15. The number of benzene rings is 1. The number of thiazole rings is 1. The van der Waals surface area contributed by atoms with Crippen LogP contribution in [-0.4, -0.2) is 30.1 Å². The van der Waals surface area contributed by atoms with Gasteiger partial charge in [-0.25, -0.2) is 4.68 Å². The maximum absolute atomic E-state index is 6.03. The molecule has 1 saturated heterocycles. The molecule has 0 spiro atoms. The van der Waals surface area contributed by atoms with E-state index in [1.54, 1.807) is 17.6 Å². The summed E-state index contributed by atoms with van der Waals surface area (Å²) in [6.07, 6.45) is 4.09. The minimum Gasteiger partial charge on any atom is -0.460 e. The number of hydrogen-bond donors (Lipinski definition) is 0. The van der Waals surface area contributed by atoms with E-state index in [2.05, 4.69) is 10.5 Å². The van der Waals surface area contributed by atoms with Gasteiger partial charge in [-0.15, -0.1) is 11.3 Å². The largest absolute Gasteiger partial charge is 0.460 e. The average molecular weight is 402 g/mol. The number of ether oxygens (including phenoxy) is 1. The molecule has 0 amide bonds. The summed E-state index contributed by atoms with van der Waals surface area (Å²) in [5.74, 6) is 1.56. The first-order valence-corrected chi connectivity index (χ1v) is 10.1. The predicted molar refractivity (Wildman–Crippen MR) is 109 cm³/mol. The van der Waals surface area contributed by atoms with Crippen LogP contribution in [0.25, 0.3) is 11.3 Å². The lowest BCUT2D eigenvalue weighted by Crippen LogP contribution is -2.17. The number of furan rings is 1. The fourth-order valence-electron chi connectivity index (χ4n) is 2.94. The van der Waals surface area contributed by atoms with Crippen LogP contribution >= 0.6 is 22.9 Å². The summed E-state index contributed by atoms with van der Waals surface area (Å²) in [4.78, 5) is 5.58. The monoisotopic (exact) mass is 401 g/mol. The average Bonchev–Trinajstić information content (AvgIpc) is 3.40. The highest BCUT2D eigenvalue weighted by molar-refractivity contribution is 7.07. The SMILES string of the molecule is Cc1ccc(/C=N\n2c(-c3ccc(Cl)cc3)csc2=NC[C@@H]2CCCO2)o1. The molecule has 2 aromatic heterocycles. The maximum atomic E-state index is 6.03. The molecule has 0 aliphatic carbocycles. The Balaban J connectivity index is 1.71. The molecule has 0 saturated carbocycles. The Labute approximate surface area is 166 Å². The molecule has 27 heavy (non-hydrogen) atoms. The first kappa shape index (κ1) is 18.2. The van der Waals surface area contributed by atoms with Crippen LogP contribution in [0.4, 0.5) is 0 Å². The summed E-state index contributed by atoms with van der Waals surface area (Å²) < 4.78 is 13.1. The summed E-state index contributed by atoms with van der Waals surface area (Å²) in [6, 6.07) is 11.5. The fourth-order valence-corrected chi connectivity index (χ4v) is 3.92. The molecule has 1 aliphatic heterocycles. The van der Waals surface area contributed by atoms with Crippen molar-refractivity contribution in [3.05, 3.63) is 63.1 Å². The molecule has 0 radical (unpaired) electrons. The zero-order valence-corrected chi connectivity index (χ0v) is 16.5. The molecule has 1 aliphatic rings. The lowest BCUT2D eigenvalue weighted by Gasteiger charge is -2.05. The lowest BCUT2D eigenvalue weighted by atomic mass is 10.2. The molecular weight excluding hydrogens is 382 g/mol. The quantitative estimate of drug-likeness (QED) is 0.580. The normalized spacial score (nSPS) is 18.0. The van der Waals surface area contributed by atoms with Gasteiger partial charge < -0.3 is 9.15 Å². The molecule has 0 bridgehead atoms. The van der Waals surface area contributed by atoms with Gasteiger partial charge in [-0.1, -0.05) is 23.7 Å². The van der Waals surface area contributed by atoms with Crippen molar-refractivity contribution in [2.75, 3.05) is 13.2 Å². The van der Waals surface area contributed by atoms with E-state index in [1.807, 2.05) is 48.0 Å². The fraction of sp³-hybridized carbons (Fsp3) is 0.300. The predicted octanol–water partition coefficient (Wildman–Crippen LogP) is 4.73. The summed E-state index contributed by atoms with van der Waals surface area (Å²) in [5.41, 5.74) is 1.99. The summed E-state index contributed by atoms with van der Waals surface area (Å²) in [6.45, 7) is 3.39. The molecule has 7 heteroatoms. The zero-order valence-electron chi connectivity index (χ0n) is 15.0. The van der Waals surface area contributed by atoms with Crippen molar-refractivity contribution in [3.63, 3.8) is 0 Å². The Morgan fingerprint density at radius 3 is 2.81 bits per heavy atom. The molecular formula is C20H20ClN3O2S. The highest BCUT2D eigenvalue weighted by Crippen LogP contribution is 2.22. The second kappa shape index (κ2) is 8.25. The lowest BCUT2D eigenvalue weighted by molar-refractivity contribution is 0.117. The van der Waals surface area contributed by atoms with Crippen molar-refractivity contribution in [3.8, 4) is 11.3 Å². The Kier molecular flexibility index (Phi) is 5.57. The van der Waals surface area contributed by atoms with Crippen molar-refractivity contribution in [2.45, 2.75) is 25.9 Å². The Hall–Kier alpha value is -2.15. The molecule has 0 unspecified atom stereocenters. The summed E-state index contributed by atoms with van der Waals surface area (Å²) >= 11 is 7.59. The number of aromatic nitrogens is 1. The number of nitrogens with zero attached hydrogens (tertiary/aromatic N) is 3. The van der Waals surface area contributed by atoms with Gasteiger partial charge in [0.15, 0.2) is 0 Å². The van der Waals surface area contributed by atoms with Gasteiger partial charge in [0.05, 0.1) is 24.6 Å². The van der Waals surface area contributed by atoms with Crippen molar-refractivity contribution in [1.82, 2.24) is 4.68 Å². The van der Waals surface area contributed by atoms with Crippen LogP contribution in [0, 0.1) is 6.92 Å². The van der Waals surface area contributed by atoms with E-state index in [-0.39, 0.29) is 6.10 Å². The van der Waals surface area contributed by atoms with Crippen molar-refractivity contribution in [2.24, 2.45) is 10.1 Å². The molecule has 3 heterocycles. The van der Waals surface area contributed by atoms with E-state index in [1.165, 1.54) is 0 Å². The zero-order chi connectivity index (χ0) is 18.6. The highest BCUT2D eigenvalue weighted by atomic mass is 35.5. The van der Waals surface area contributed by atoms with Crippen LogP contribution in [0.3, 0.4) is 0 Å². The summed E-state index contributed by atoms with van der Waals surface area (Å²) in [5, 5.41) is 7.40. The van der Waals surface area contributed by atoms with E-state index < -0.39 is 0 Å². The van der Waals surface area contributed by atoms with E-state index >= 15 is 0 Å². The molecule has 1 fully saturated rings. The van der Waals surface area contributed by atoms with Gasteiger partial charge in [0.1, 0.15) is 11.5 Å². The Morgan fingerprint density at radius 1 is 1.26 bits per heavy atom. The molecule has 5 nitrogen and oxygen atoms in total. The molecule has 140 valence electrons. The van der Waals surface area contributed by atoms with Crippen LogP contribution in [0.1, 0.15) is 24.4 Å². The number of rotatable bonds is 5. The van der Waals surface area contributed by atoms with E-state index in [0.717, 1.165) is 41.3 Å². The first-order chi connectivity index (χ1) is 13.2. The smallest absolute Gasteiger partial charge is 0.206 e. The van der Waals surface area contributed by atoms with Gasteiger partial charge in [0.25, 0.3) is 0 Å². The van der Waals surface area contributed by atoms with Crippen molar-refractivity contribution >= 4 is 29.2 Å². The molecule has 0 N–H and O–H groups in total. The third-order valence-corrected chi connectivity index (χ3v) is 5.45. The van der Waals surface area contributed by atoms with Crippen LogP contribution in [-0.2, 0) is 4.74 Å². The third-order valence-electron chi connectivity index (χ3n) is 4.34. The maximum Gasteiger partial charge on any atom is 0.206 e. The van der Waals surface area contributed by atoms with Gasteiger partial charge in [-0.2, -0.15) is 5.10 Å². The number of halogens is 1. The Bertz CT molecular complexity index is 995. The van der Waals surface area contributed by atoms with Crippen molar-refractivity contribution < 1.29 is 9.15 Å². The van der Waals surface area contributed by atoms with Crippen LogP contribution in [0.5, 0.6) is 0 Å². The van der Waals surface area contributed by atoms with Crippen molar-refractivity contribution in [1.29, 1.82) is 0 Å². The molecule has 1 atom stereocenters. The van der Waals surface area contributed by atoms with Gasteiger partial charge in [-0.3, -0.25) is 4.99 Å². The van der Waals surface area contributed by atoms with E-state index in [4.69, 9.17) is 25.7 Å². The second-order valence-corrected chi connectivity index (χ2v) is 7.66. The first-order valence-electron chi connectivity index (χ1n) is 8.88. The van der Waals surface area contributed by atoms with Crippen LogP contribution in [0.15, 0.2) is 56.3 Å². The third kappa shape index (κ3) is 4.40. The van der Waals surface area contributed by atoms with E-state index in [9.17, 15) is 0 Å². The van der Waals surface area contributed by atoms with Gasteiger partial charge in [0.2, 0.25) is 4.80 Å². The minimum absolute atomic E-state index is 0.205. The van der Waals surface area contributed by atoms with Crippen LogP contribution < -0.4 is 4.80 Å².